The Morgan fingerprint density at radius 2 is 1.82 bits per heavy atom. The quantitative estimate of drug-likeness (QED) is 0.514. The highest BCUT2D eigenvalue weighted by atomic mass is 15.2. The summed E-state index contributed by atoms with van der Waals surface area (Å²) in [6.45, 7) is 6.18. The molecule has 1 aliphatic heterocycles. The van der Waals surface area contributed by atoms with Crippen molar-refractivity contribution in [1.82, 2.24) is 4.90 Å². The average Bonchev–Trinajstić information content (AvgIpc) is 2.41. The summed E-state index contributed by atoms with van der Waals surface area (Å²) in [6, 6.07) is 0.931. The van der Waals surface area contributed by atoms with Crippen molar-refractivity contribution in [2.75, 3.05) is 13.6 Å². The molecule has 0 spiro atoms. The molecule has 1 heterocycles. The Balaban J connectivity index is 2.15. The van der Waals surface area contributed by atoms with E-state index in [1.165, 1.54) is 19.4 Å². The van der Waals surface area contributed by atoms with Gasteiger partial charge in [-0.05, 0) is 37.6 Å². The van der Waals surface area contributed by atoms with Crippen molar-refractivity contribution in [2.24, 2.45) is 17.8 Å². The molecule has 0 radical (unpaired) electrons. The summed E-state index contributed by atoms with van der Waals surface area (Å²) in [7, 11) is 2.29. The minimum Gasteiger partial charge on any atom is -0.303 e. The van der Waals surface area contributed by atoms with E-state index in [9.17, 15) is 0 Å². The fourth-order valence-electron chi connectivity index (χ4n) is 3.36. The van der Waals surface area contributed by atoms with E-state index in [2.05, 4.69) is 25.8 Å². The second-order valence-electron chi connectivity index (χ2n) is 4.62. The van der Waals surface area contributed by atoms with Crippen molar-refractivity contribution < 1.29 is 0 Å². The monoisotopic (exact) mass is 153 g/mol. The topological polar surface area (TPSA) is 3.24 Å². The van der Waals surface area contributed by atoms with Crippen LogP contribution in [0.2, 0.25) is 0 Å². The summed E-state index contributed by atoms with van der Waals surface area (Å²) in [5.74, 6) is 2.95. The molecule has 4 unspecified atom stereocenters. The molecular formula is C10H19N. The van der Waals surface area contributed by atoms with Gasteiger partial charge in [-0.25, -0.2) is 0 Å². The molecule has 1 saturated heterocycles. The molecule has 1 aliphatic carbocycles. The van der Waals surface area contributed by atoms with Crippen molar-refractivity contribution in [2.45, 2.75) is 32.7 Å². The van der Waals surface area contributed by atoms with Crippen molar-refractivity contribution >= 4 is 0 Å². The highest BCUT2D eigenvalue weighted by molar-refractivity contribution is 4.96. The second-order valence-corrected chi connectivity index (χ2v) is 4.62. The first-order valence-electron chi connectivity index (χ1n) is 4.90. The summed E-state index contributed by atoms with van der Waals surface area (Å²) in [6.07, 6.45) is 2.91. The molecule has 11 heavy (non-hydrogen) atoms. The van der Waals surface area contributed by atoms with Gasteiger partial charge in [0, 0.05) is 12.6 Å². The Bertz CT molecular complexity index is 155. The number of rotatable bonds is 0. The molecule has 1 heteroatoms. The van der Waals surface area contributed by atoms with Crippen LogP contribution < -0.4 is 0 Å². The zero-order valence-electron chi connectivity index (χ0n) is 7.88. The van der Waals surface area contributed by atoms with Gasteiger partial charge in [-0.1, -0.05) is 13.8 Å². The second kappa shape index (κ2) is 2.48. The zero-order chi connectivity index (χ0) is 8.01. The molecular weight excluding hydrogens is 134 g/mol. The maximum absolute atomic E-state index is 2.57. The van der Waals surface area contributed by atoms with E-state index in [4.69, 9.17) is 0 Å². The normalized spacial score (nSPS) is 51.5. The van der Waals surface area contributed by atoms with Crippen LogP contribution in [0, 0.1) is 17.8 Å². The maximum atomic E-state index is 2.57. The van der Waals surface area contributed by atoms with Crippen molar-refractivity contribution in [3.63, 3.8) is 0 Å². The first-order chi connectivity index (χ1) is 5.20. The first kappa shape index (κ1) is 7.60. The van der Waals surface area contributed by atoms with Crippen LogP contribution in [0.3, 0.4) is 0 Å². The first-order valence-corrected chi connectivity index (χ1v) is 4.90. The molecule has 0 bridgehead atoms. The van der Waals surface area contributed by atoms with Gasteiger partial charge < -0.3 is 4.90 Å². The predicted octanol–water partition coefficient (Wildman–Crippen LogP) is 1.98. The number of likely N-dealkylation sites (tertiary alicyclic amines) is 1. The van der Waals surface area contributed by atoms with E-state index in [0.29, 0.717) is 0 Å². The molecule has 0 aromatic rings. The molecule has 0 amide bonds. The Labute approximate surface area is 69.8 Å². The SMILES string of the molecule is CC1CCC2C1C(C)CN2C. The predicted molar refractivity (Wildman–Crippen MR) is 47.5 cm³/mol. The highest BCUT2D eigenvalue weighted by Gasteiger charge is 2.44. The molecule has 1 nitrogen and oxygen atoms in total. The summed E-state index contributed by atoms with van der Waals surface area (Å²) in [5.41, 5.74) is 0. The van der Waals surface area contributed by atoms with E-state index < -0.39 is 0 Å². The van der Waals surface area contributed by atoms with Crippen molar-refractivity contribution in [3.05, 3.63) is 0 Å². The fraction of sp³-hybridized carbons (Fsp3) is 1.00. The molecule has 2 rings (SSSR count). The number of hydrogen-bond acceptors (Lipinski definition) is 1. The lowest BCUT2D eigenvalue weighted by molar-refractivity contribution is 0.283. The van der Waals surface area contributed by atoms with Crippen molar-refractivity contribution in [3.8, 4) is 0 Å². The van der Waals surface area contributed by atoms with Gasteiger partial charge in [-0.15, -0.1) is 0 Å². The molecule has 0 aromatic heterocycles. The highest BCUT2D eigenvalue weighted by Crippen LogP contribution is 2.43. The van der Waals surface area contributed by atoms with Crippen LogP contribution in [0.25, 0.3) is 0 Å². The van der Waals surface area contributed by atoms with E-state index in [-0.39, 0.29) is 0 Å². The third kappa shape index (κ3) is 1.01. The van der Waals surface area contributed by atoms with Crippen molar-refractivity contribution in [1.29, 1.82) is 0 Å². The molecule has 0 aromatic carbocycles. The molecule has 2 aliphatic rings. The van der Waals surface area contributed by atoms with Gasteiger partial charge in [0.25, 0.3) is 0 Å². The van der Waals surface area contributed by atoms with Crippen LogP contribution >= 0.6 is 0 Å². The van der Waals surface area contributed by atoms with Crippen LogP contribution in [-0.2, 0) is 0 Å². The fourth-order valence-corrected chi connectivity index (χ4v) is 3.36. The number of fused-ring (bicyclic) bond motifs is 1. The summed E-state index contributed by atoms with van der Waals surface area (Å²) >= 11 is 0. The van der Waals surface area contributed by atoms with Gasteiger partial charge in [0.05, 0.1) is 0 Å². The summed E-state index contributed by atoms with van der Waals surface area (Å²) in [5, 5.41) is 0. The Morgan fingerprint density at radius 1 is 1.09 bits per heavy atom. The number of hydrogen-bond donors (Lipinski definition) is 0. The minimum absolute atomic E-state index is 0.931. The molecule has 4 atom stereocenters. The number of nitrogens with zero attached hydrogens (tertiary/aromatic N) is 1. The van der Waals surface area contributed by atoms with Crippen LogP contribution in [0.5, 0.6) is 0 Å². The zero-order valence-corrected chi connectivity index (χ0v) is 7.88. The smallest absolute Gasteiger partial charge is 0.0126 e. The van der Waals surface area contributed by atoms with E-state index in [0.717, 1.165) is 23.8 Å². The Kier molecular flexibility index (Phi) is 1.71. The molecule has 1 saturated carbocycles. The van der Waals surface area contributed by atoms with Gasteiger partial charge in [-0.3, -0.25) is 0 Å². The minimum atomic E-state index is 0.931. The lowest BCUT2D eigenvalue weighted by Crippen LogP contribution is -2.26. The van der Waals surface area contributed by atoms with Gasteiger partial charge in [0.1, 0.15) is 0 Å². The van der Waals surface area contributed by atoms with E-state index in [1.54, 1.807) is 0 Å². The summed E-state index contributed by atoms with van der Waals surface area (Å²) < 4.78 is 0. The lowest BCUT2D eigenvalue weighted by atomic mass is 9.87. The van der Waals surface area contributed by atoms with Crippen LogP contribution in [0.1, 0.15) is 26.7 Å². The van der Waals surface area contributed by atoms with E-state index in [1.807, 2.05) is 0 Å². The molecule has 64 valence electrons. The van der Waals surface area contributed by atoms with E-state index >= 15 is 0 Å². The van der Waals surface area contributed by atoms with Gasteiger partial charge in [0.2, 0.25) is 0 Å². The lowest BCUT2D eigenvalue weighted by Gasteiger charge is -2.19. The molecule has 2 fully saturated rings. The third-order valence-corrected chi connectivity index (χ3v) is 3.82. The molecule has 0 N–H and O–H groups in total. The van der Waals surface area contributed by atoms with Gasteiger partial charge in [0.15, 0.2) is 0 Å². The Morgan fingerprint density at radius 3 is 2.45 bits per heavy atom. The van der Waals surface area contributed by atoms with Gasteiger partial charge in [-0.2, -0.15) is 0 Å². The maximum Gasteiger partial charge on any atom is 0.0126 e. The average molecular weight is 153 g/mol. The van der Waals surface area contributed by atoms with Crippen LogP contribution in [0.15, 0.2) is 0 Å². The Hall–Kier alpha value is -0.0400. The largest absolute Gasteiger partial charge is 0.303 e. The standard InChI is InChI=1S/C10H19N/c1-7-4-5-9-10(7)8(2)6-11(9)3/h7-10H,4-6H2,1-3H3. The summed E-state index contributed by atoms with van der Waals surface area (Å²) in [4.78, 5) is 2.57. The third-order valence-electron chi connectivity index (χ3n) is 3.82. The van der Waals surface area contributed by atoms with Crippen LogP contribution in [-0.4, -0.2) is 24.5 Å². The van der Waals surface area contributed by atoms with Crippen LogP contribution in [0.4, 0.5) is 0 Å². The van der Waals surface area contributed by atoms with Gasteiger partial charge >= 0.3 is 0 Å².